The Labute approximate surface area is 60.5 Å². The minimum Gasteiger partial charge on any atom is -0.265 e. The molecule has 1 aliphatic carbocycles. The van der Waals surface area contributed by atoms with E-state index in [0.29, 0.717) is 5.92 Å². The molecule has 0 bridgehead atoms. The lowest BCUT2D eigenvalue weighted by Crippen LogP contribution is -2.06. The topological polar surface area (TPSA) is 12.4 Å². The number of allylic oxidation sites excluding steroid dienone is 5. The van der Waals surface area contributed by atoms with Gasteiger partial charge in [0, 0.05) is 17.8 Å². The first kappa shape index (κ1) is 5.66. The Hall–Kier alpha value is -1.11. The van der Waals surface area contributed by atoms with Crippen LogP contribution in [0.15, 0.2) is 41.1 Å². The first-order chi connectivity index (χ1) is 4.88. The molecule has 0 spiro atoms. The van der Waals surface area contributed by atoms with Crippen LogP contribution in [0.5, 0.6) is 0 Å². The summed E-state index contributed by atoms with van der Waals surface area (Å²) in [7, 11) is 0. The van der Waals surface area contributed by atoms with Crippen molar-refractivity contribution in [2.45, 2.75) is 6.92 Å². The van der Waals surface area contributed by atoms with E-state index in [0.717, 1.165) is 0 Å². The average Bonchev–Trinajstić information content (AvgIpc) is 2.34. The molecule has 0 N–H and O–H groups in total. The molecule has 0 aromatic heterocycles. The molecule has 50 valence electrons. The summed E-state index contributed by atoms with van der Waals surface area (Å²) < 4.78 is 0. The summed E-state index contributed by atoms with van der Waals surface area (Å²) in [5.41, 5.74) is 2.52. The maximum Gasteiger partial charge on any atom is 0.0419 e. The van der Waals surface area contributed by atoms with Crippen LogP contribution in [0, 0.1) is 5.92 Å². The minimum atomic E-state index is 0.477. The Morgan fingerprint density at radius 1 is 1.40 bits per heavy atom. The van der Waals surface area contributed by atoms with Gasteiger partial charge in [0.25, 0.3) is 0 Å². The van der Waals surface area contributed by atoms with E-state index in [2.05, 4.69) is 36.2 Å². The second-order valence-electron chi connectivity index (χ2n) is 2.62. The van der Waals surface area contributed by atoms with E-state index in [1.54, 1.807) is 0 Å². The molecule has 0 fully saturated rings. The predicted octanol–water partition coefficient (Wildman–Crippen LogP) is 2.09. The van der Waals surface area contributed by atoms with E-state index in [1.807, 2.05) is 6.20 Å². The van der Waals surface area contributed by atoms with Gasteiger partial charge in [0.15, 0.2) is 0 Å². The normalized spacial score (nSPS) is 27.9. The fourth-order valence-corrected chi connectivity index (χ4v) is 1.32. The Balaban J connectivity index is 2.39. The number of hydrogen-bond donors (Lipinski definition) is 0. The summed E-state index contributed by atoms with van der Waals surface area (Å²) in [6.07, 6.45) is 10.4. The molecule has 0 saturated heterocycles. The summed E-state index contributed by atoms with van der Waals surface area (Å²) >= 11 is 0. The van der Waals surface area contributed by atoms with E-state index in [-0.39, 0.29) is 0 Å². The lowest BCUT2D eigenvalue weighted by atomic mass is 9.94. The standard InChI is InChI=1S/C9H9N/c1-7-9-5-3-2-4-8(9)6-10-7/h2-6,9H,1H3. The van der Waals surface area contributed by atoms with Gasteiger partial charge in [-0.15, -0.1) is 0 Å². The van der Waals surface area contributed by atoms with Crippen LogP contribution in [0.3, 0.4) is 0 Å². The molecule has 0 radical (unpaired) electrons. The van der Waals surface area contributed by atoms with E-state index < -0.39 is 0 Å². The Kier molecular flexibility index (Phi) is 1.10. The van der Waals surface area contributed by atoms with Gasteiger partial charge in [0.1, 0.15) is 0 Å². The fraction of sp³-hybridized carbons (Fsp3) is 0.222. The highest BCUT2D eigenvalue weighted by atomic mass is 14.7. The number of rotatable bonds is 0. The van der Waals surface area contributed by atoms with Crippen molar-refractivity contribution in [2.24, 2.45) is 10.9 Å². The molecule has 0 amide bonds. The second-order valence-corrected chi connectivity index (χ2v) is 2.62. The van der Waals surface area contributed by atoms with Crippen LogP contribution in [0.4, 0.5) is 0 Å². The average molecular weight is 131 g/mol. The van der Waals surface area contributed by atoms with Crippen LogP contribution in [-0.4, -0.2) is 5.71 Å². The highest BCUT2D eigenvalue weighted by Gasteiger charge is 2.17. The van der Waals surface area contributed by atoms with Crippen molar-refractivity contribution in [2.75, 3.05) is 0 Å². The van der Waals surface area contributed by atoms with Crippen molar-refractivity contribution in [3.05, 3.63) is 36.1 Å². The molecule has 1 aliphatic heterocycles. The van der Waals surface area contributed by atoms with E-state index in [4.69, 9.17) is 0 Å². The van der Waals surface area contributed by atoms with Gasteiger partial charge in [0.2, 0.25) is 0 Å². The molecule has 2 aliphatic rings. The number of aliphatic imine (C=N–C) groups is 1. The van der Waals surface area contributed by atoms with E-state index >= 15 is 0 Å². The fourth-order valence-electron chi connectivity index (χ4n) is 1.32. The van der Waals surface area contributed by atoms with Gasteiger partial charge in [-0.05, 0) is 12.5 Å². The molecule has 0 aromatic carbocycles. The van der Waals surface area contributed by atoms with Crippen LogP contribution in [0.2, 0.25) is 0 Å². The maximum absolute atomic E-state index is 4.23. The molecule has 1 nitrogen and oxygen atoms in total. The molecule has 2 rings (SSSR count). The van der Waals surface area contributed by atoms with Gasteiger partial charge < -0.3 is 0 Å². The summed E-state index contributed by atoms with van der Waals surface area (Å²) in [5, 5.41) is 0. The number of hydrogen-bond acceptors (Lipinski definition) is 1. The van der Waals surface area contributed by atoms with Crippen molar-refractivity contribution < 1.29 is 0 Å². The van der Waals surface area contributed by atoms with Gasteiger partial charge >= 0.3 is 0 Å². The Bertz CT molecular complexity index is 266. The SMILES string of the molecule is CC1=NC=C2C=CC=CC21. The van der Waals surface area contributed by atoms with E-state index in [1.165, 1.54) is 11.3 Å². The third-order valence-electron chi connectivity index (χ3n) is 1.93. The van der Waals surface area contributed by atoms with Crippen molar-refractivity contribution in [3.8, 4) is 0 Å². The van der Waals surface area contributed by atoms with Crippen molar-refractivity contribution in [3.63, 3.8) is 0 Å². The lowest BCUT2D eigenvalue weighted by molar-refractivity contribution is 1.08. The zero-order valence-electron chi connectivity index (χ0n) is 5.91. The summed E-state index contributed by atoms with van der Waals surface area (Å²) in [5.74, 6) is 0.477. The Morgan fingerprint density at radius 3 is 3.10 bits per heavy atom. The zero-order chi connectivity index (χ0) is 6.97. The van der Waals surface area contributed by atoms with Gasteiger partial charge in [-0.2, -0.15) is 0 Å². The maximum atomic E-state index is 4.23. The molecule has 1 unspecified atom stereocenters. The molecule has 0 aromatic rings. The van der Waals surface area contributed by atoms with Crippen LogP contribution in [-0.2, 0) is 0 Å². The van der Waals surface area contributed by atoms with Crippen molar-refractivity contribution in [1.82, 2.24) is 0 Å². The zero-order valence-corrected chi connectivity index (χ0v) is 5.91. The van der Waals surface area contributed by atoms with Gasteiger partial charge in [-0.25, -0.2) is 0 Å². The van der Waals surface area contributed by atoms with Gasteiger partial charge in [0.05, 0.1) is 0 Å². The summed E-state index contributed by atoms with van der Waals surface area (Å²) in [6.45, 7) is 2.07. The molecule has 1 heterocycles. The summed E-state index contributed by atoms with van der Waals surface area (Å²) in [4.78, 5) is 4.23. The molecule has 1 heteroatoms. The van der Waals surface area contributed by atoms with Gasteiger partial charge in [-0.3, -0.25) is 4.99 Å². The molecule has 0 saturated carbocycles. The Morgan fingerprint density at radius 2 is 2.30 bits per heavy atom. The third-order valence-corrected chi connectivity index (χ3v) is 1.93. The van der Waals surface area contributed by atoms with Crippen LogP contribution in [0.1, 0.15) is 6.92 Å². The van der Waals surface area contributed by atoms with Crippen molar-refractivity contribution in [1.29, 1.82) is 0 Å². The molecular weight excluding hydrogens is 122 g/mol. The smallest absolute Gasteiger partial charge is 0.0419 e. The van der Waals surface area contributed by atoms with E-state index in [9.17, 15) is 0 Å². The highest BCUT2D eigenvalue weighted by molar-refractivity contribution is 5.92. The second kappa shape index (κ2) is 1.94. The van der Waals surface area contributed by atoms with Crippen LogP contribution >= 0.6 is 0 Å². The lowest BCUT2D eigenvalue weighted by Gasteiger charge is -2.09. The largest absolute Gasteiger partial charge is 0.265 e. The van der Waals surface area contributed by atoms with Crippen LogP contribution < -0.4 is 0 Å². The molecule has 1 atom stereocenters. The third kappa shape index (κ3) is 0.670. The van der Waals surface area contributed by atoms with Crippen molar-refractivity contribution >= 4 is 5.71 Å². The predicted molar refractivity (Wildman–Crippen MR) is 43.0 cm³/mol. The monoisotopic (exact) mass is 131 g/mol. The highest BCUT2D eigenvalue weighted by Crippen LogP contribution is 2.24. The molecule has 10 heavy (non-hydrogen) atoms. The van der Waals surface area contributed by atoms with Gasteiger partial charge in [-0.1, -0.05) is 24.3 Å². The summed E-state index contributed by atoms with van der Waals surface area (Å²) in [6, 6.07) is 0. The first-order valence-electron chi connectivity index (χ1n) is 3.47. The van der Waals surface area contributed by atoms with Crippen LogP contribution in [0.25, 0.3) is 0 Å². The number of fused-ring (bicyclic) bond motifs is 1. The number of nitrogens with zero attached hydrogens (tertiary/aromatic N) is 1. The first-order valence-corrected chi connectivity index (χ1v) is 3.47. The minimum absolute atomic E-state index is 0.477. The molecular formula is C9H9N. The quantitative estimate of drug-likeness (QED) is 0.477.